The first-order valence-corrected chi connectivity index (χ1v) is 22.6. The van der Waals surface area contributed by atoms with Gasteiger partial charge in [0.2, 0.25) is 5.79 Å². The van der Waals surface area contributed by atoms with Crippen LogP contribution in [-0.4, -0.2) is 116 Å². The Morgan fingerprint density at radius 2 is 1.70 bits per heavy atom. The number of rotatable bonds is 11. The fraction of sp³-hybridized carbons (Fsp3) is 0.750. The minimum Gasteiger partial charge on any atom is -0.456 e. The average Bonchev–Trinajstić information content (AvgIpc) is 3.24. The summed E-state index contributed by atoms with van der Waals surface area (Å²) in [4.78, 5) is 58.2. The molecule has 12 nitrogen and oxygen atoms in total. The minimum atomic E-state index is -2.46. The fourth-order valence-corrected chi connectivity index (χ4v) is 10.0. The molecule has 4 aliphatic rings. The monoisotopic (exact) mass is 841 g/mol. The third-order valence-corrected chi connectivity index (χ3v) is 13.4. The van der Waals surface area contributed by atoms with Gasteiger partial charge in [-0.05, 0) is 108 Å². The van der Waals surface area contributed by atoms with E-state index in [-0.39, 0.29) is 54.6 Å². The lowest BCUT2D eigenvalue weighted by Gasteiger charge is -2.47. The van der Waals surface area contributed by atoms with Gasteiger partial charge in [0.25, 0.3) is 11.7 Å². The van der Waals surface area contributed by atoms with E-state index in [4.69, 9.17) is 23.7 Å². The summed E-state index contributed by atoms with van der Waals surface area (Å²) in [5.74, 6) is -6.04. The highest BCUT2D eigenvalue weighted by atomic mass is 16.7. The normalized spacial score (nSPS) is 38.2. The summed E-state index contributed by atoms with van der Waals surface area (Å²) in [7, 11) is 3.12. The molecule has 3 aliphatic heterocycles. The molecule has 2 bridgehead atoms. The van der Waals surface area contributed by atoms with Crippen molar-refractivity contribution in [2.75, 3.05) is 33.9 Å². The van der Waals surface area contributed by atoms with Crippen molar-refractivity contribution < 1.29 is 48.0 Å². The Morgan fingerprint density at radius 1 is 0.983 bits per heavy atom. The average molecular weight is 841 g/mol. The quantitative estimate of drug-likeness (QED) is 0.128. The zero-order chi connectivity index (χ0) is 44.1. The second-order valence-corrected chi connectivity index (χ2v) is 18.2. The molecule has 12 heteroatoms. The topological polar surface area (TPSA) is 150 Å². The number of hydrogen-bond acceptors (Lipinski definition) is 11. The first-order chi connectivity index (χ1) is 28.6. The number of methoxy groups -OCH3 is 2. The lowest BCUT2D eigenvalue weighted by atomic mass is 9.81. The highest BCUT2D eigenvalue weighted by Gasteiger charge is 2.56. The van der Waals surface area contributed by atoms with Gasteiger partial charge in [0.15, 0.2) is 0 Å². The summed E-state index contributed by atoms with van der Waals surface area (Å²) in [5.41, 5.74) is 1.96. The first-order valence-electron chi connectivity index (χ1n) is 22.6. The molecule has 1 amide bonds. The van der Waals surface area contributed by atoms with Crippen LogP contribution in [0.2, 0.25) is 0 Å². The number of esters is 1. The van der Waals surface area contributed by atoms with Crippen molar-refractivity contribution in [2.45, 2.75) is 167 Å². The molecule has 1 saturated carbocycles. The highest BCUT2D eigenvalue weighted by Crippen LogP contribution is 2.39. The number of piperidine rings is 1. The number of nitrogens with one attached hydrogen (secondary N) is 1. The summed E-state index contributed by atoms with van der Waals surface area (Å²) < 4.78 is 30.8. The molecule has 0 radical (unpaired) electrons. The molecule has 1 aliphatic carbocycles. The minimum absolute atomic E-state index is 0.0435. The van der Waals surface area contributed by atoms with Crippen molar-refractivity contribution in [3.05, 3.63) is 48.6 Å². The van der Waals surface area contributed by atoms with E-state index in [1.807, 2.05) is 33.8 Å². The van der Waals surface area contributed by atoms with Crippen molar-refractivity contribution in [3.8, 4) is 0 Å². The maximum absolute atomic E-state index is 14.4. The van der Waals surface area contributed by atoms with E-state index in [1.54, 1.807) is 27.2 Å². The van der Waals surface area contributed by atoms with E-state index >= 15 is 0 Å². The van der Waals surface area contributed by atoms with E-state index in [9.17, 15) is 24.3 Å². The molecule has 2 saturated heterocycles. The fourth-order valence-electron chi connectivity index (χ4n) is 10.0. The van der Waals surface area contributed by atoms with Gasteiger partial charge >= 0.3 is 5.97 Å². The molecule has 60 heavy (non-hydrogen) atoms. The molecule has 0 spiro atoms. The Morgan fingerprint density at radius 3 is 2.37 bits per heavy atom. The smallest absolute Gasteiger partial charge is 0.329 e. The van der Waals surface area contributed by atoms with Crippen LogP contribution in [0.3, 0.4) is 0 Å². The van der Waals surface area contributed by atoms with E-state index in [0.717, 1.165) is 30.4 Å². The predicted octanol–water partition coefficient (Wildman–Crippen LogP) is 6.84. The van der Waals surface area contributed by atoms with Gasteiger partial charge in [0.1, 0.15) is 24.0 Å². The molecular weight excluding hydrogens is 765 g/mol. The lowest BCUT2D eigenvalue weighted by molar-refractivity contribution is -0.302. The third kappa shape index (κ3) is 12.6. The Labute approximate surface area is 359 Å². The van der Waals surface area contributed by atoms with Gasteiger partial charge in [-0.2, -0.15) is 0 Å². The van der Waals surface area contributed by atoms with E-state index in [1.165, 1.54) is 4.90 Å². The molecule has 13 unspecified atom stereocenters. The molecule has 3 heterocycles. The molecule has 0 aromatic carbocycles. The number of hydrogen-bond donors (Lipinski definition) is 2. The van der Waals surface area contributed by atoms with Crippen molar-refractivity contribution in [1.82, 2.24) is 10.2 Å². The number of cyclic esters (lactones) is 1. The summed E-state index contributed by atoms with van der Waals surface area (Å²) in [6.45, 7) is 20.8. The molecule has 338 valence electrons. The van der Waals surface area contributed by atoms with Gasteiger partial charge in [-0.1, -0.05) is 57.6 Å². The number of aliphatic hydroxyl groups is 1. The van der Waals surface area contributed by atoms with Crippen LogP contribution in [0.15, 0.2) is 48.6 Å². The number of Topliss-reactive ketones (excluding diaryl/α,β-unsaturated/α-hetero) is 2. The van der Waals surface area contributed by atoms with Crippen LogP contribution >= 0.6 is 0 Å². The standard InChI is InChI=1S/C48H76N2O10/c1-11-21-49-37-19-18-35(29-40(37)58-23-12-2)27-33(7)43-32(6)17-20-39(51)36(13-3)25-30(4)24-31(5)26-41(56-9)44-42(57-10)28-34(8)48(55,60-44)45(52)46(53)50-22-15-14-16-38(50)47(54)59-43/h11-12,25,27,31-32,34-38,40-44,49,55H,1-2,13-24,26,28-29H2,3-10H3/b30-25+,33-27?. The Balaban J connectivity index is 1.72. The molecule has 3 fully saturated rings. The van der Waals surface area contributed by atoms with Gasteiger partial charge in [0.05, 0.1) is 24.9 Å². The van der Waals surface area contributed by atoms with Crippen molar-refractivity contribution in [2.24, 2.45) is 29.6 Å². The summed E-state index contributed by atoms with van der Waals surface area (Å²) in [6, 6.07) is -0.866. The zero-order valence-electron chi connectivity index (χ0n) is 37.8. The maximum Gasteiger partial charge on any atom is 0.329 e. The van der Waals surface area contributed by atoms with Gasteiger partial charge in [-0.3, -0.25) is 14.4 Å². The first kappa shape index (κ1) is 49.7. The van der Waals surface area contributed by atoms with Gasteiger partial charge in [0, 0.05) is 51.6 Å². The SMILES string of the molecule is C=CCNC1CCC(C=C(C)C2OC(=O)C3CCCCN3C(=O)C(=O)C3(O)OC(C(OC)CC(C)C/C(C)=C/C(CC)C(=O)CCC2C)C(OC)CC3C)CC1OCC=C. The highest BCUT2D eigenvalue weighted by molar-refractivity contribution is 6.39. The maximum atomic E-state index is 14.4. The number of ketones is 2. The summed E-state index contributed by atoms with van der Waals surface area (Å²) in [6.07, 6.45) is 12.3. The molecule has 0 aromatic rings. The third-order valence-electron chi connectivity index (χ3n) is 13.4. The van der Waals surface area contributed by atoms with Gasteiger partial charge in [-0.25, -0.2) is 4.79 Å². The van der Waals surface area contributed by atoms with Crippen molar-refractivity contribution in [1.29, 1.82) is 0 Å². The van der Waals surface area contributed by atoms with Crippen molar-refractivity contribution >= 4 is 23.4 Å². The number of nitrogens with zero attached hydrogens (tertiary/aromatic N) is 1. The van der Waals surface area contributed by atoms with Crippen LogP contribution in [0.1, 0.15) is 119 Å². The van der Waals surface area contributed by atoms with Crippen LogP contribution < -0.4 is 5.32 Å². The molecule has 2 N–H and O–H groups in total. The summed E-state index contributed by atoms with van der Waals surface area (Å²) >= 11 is 0. The number of amides is 1. The second kappa shape index (κ2) is 23.4. The Bertz CT molecular complexity index is 1540. The second-order valence-electron chi connectivity index (χ2n) is 18.2. The van der Waals surface area contributed by atoms with E-state index in [0.29, 0.717) is 64.5 Å². The molecule has 13 atom stereocenters. The number of carbonyl (C=O) groups is 4. The van der Waals surface area contributed by atoms with Crippen LogP contribution in [0, 0.1) is 29.6 Å². The summed E-state index contributed by atoms with van der Waals surface area (Å²) in [5, 5.41) is 15.6. The van der Waals surface area contributed by atoms with Crippen LogP contribution in [0.25, 0.3) is 0 Å². The molecular formula is C48H76N2O10. The van der Waals surface area contributed by atoms with Crippen LogP contribution in [-0.2, 0) is 42.9 Å². The number of ether oxygens (including phenoxy) is 5. The number of fused-ring (bicyclic) bond motifs is 3. The van der Waals surface area contributed by atoms with Crippen LogP contribution in [0.5, 0.6) is 0 Å². The molecule has 0 aromatic heterocycles. The van der Waals surface area contributed by atoms with Crippen molar-refractivity contribution in [3.63, 3.8) is 0 Å². The Kier molecular flexibility index (Phi) is 19.4. The van der Waals surface area contributed by atoms with Gasteiger partial charge in [-0.15, -0.1) is 13.2 Å². The number of allylic oxidation sites excluding steroid dienone is 3. The van der Waals surface area contributed by atoms with Gasteiger partial charge < -0.3 is 39.0 Å². The van der Waals surface area contributed by atoms with Crippen LogP contribution in [0.4, 0.5) is 0 Å². The zero-order valence-corrected chi connectivity index (χ0v) is 37.8. The Hall–Kier alpha value is -3.00. The predicted molar refractivity (Wildman–Crippen MR) is 232 cm³/mol. The van der Waals surface area contributed by atoms with E-state index in [2.05, 4.69) is 37.6 Å². The largest absolute Gasteiger partial charge is 0.456 e. The number of carbonyl (C=O) groups excluding carboxylic acids is 4. The lowest BCUT2D eigenvalue weighted by Crippen LogP contribution is -2.64. The van der Waals surface area contributed by atoms with E-state index < -0.39 is 59.8 Å². The molecule has 4 rings (SSSR count).